The summed E-state index contributed by atoms with van der Waals surface area (Å²) in [6, 6.07) is 21.6. The lowest BCUT2D eigenvalue weighted by Gasteiger charge is -2.19. The Morgan fingerprint density at radius 2 is 1.57 bits per heavy atom. The summed E-state index contributed by atoms with van der Waals surface area (Å²) in [5.41, 5.74) is 6.84. The molecule has 0 aromatic heterocycles. The molecule has 1 amide bonds. The highest BCUT2D eigenvalue weighted by Crippen LogP contribution is 2.40. The van der Waals surface area contributed by atoms with Gasteiger partial charge >= 0.3 is 5.97 Å². The number of methoxy groups -OCH3 is 1. The Labute approximate surface area is 222 Å². The van der Waals surface area contributed by atoms with Crippen LogP contribution in [-0.2, 0) is 9.53 Å². The number of carbonyl (C=O) groups excluding carboxylic acids is 2. The molecule has 0 heterocycles. The van der Waals surface area contributed by atoms with Gasteiger partial charge in [0.05, 0.1) is 12.7 Å². The summed E-state index contributed by atoms with van der Waals surface area (Å²) < 4.78 is 11.0. The van der Waals surface area contributed by atoms with Crippen molar-refractivity contribution in [2.24, 2.45) is 0 Å². The van der Waals surface area contributed by atoms with Crippen molar-refractivity contribution >= 4 is 29.2 Å². The third-order valence-electron chi connectivity index (χ3n) is 6.42. The lowest BCUT2D eigenvalue weighted by molar-refractivity contribution is -0.125. The molecule has 1 unspecified atom stereocenters. The van der Waals surface area contributed by atoms with Gasteiger partial charge in [0.1, 0.15) is 5.75 Å². The summed E-state index contributed by atoms with van der Waals surface area (Å²) in [6.07, 6.45) is -1.19. The SMILES string of the molecule is COc1cccc(C(=O)OC(C(=O)Nc2cc(C)c3cc(C(C)C)ccc(C)c2-3)c2ccc(Cl)cc2)c1. The van der Waals surface area contributed by atoms with Crippen molar-refractivity contribution in [1.29, 1.82) is 0 Å². The summed E-state index contributed by atoms with van der Waals surface area (Å²) in [5, 5.41) is 3.55. The topological polar surface area (TPSA) is 64.6 Å². The average Bonchev–Trinajstić information content (AvgIpc) is 3.06. The maximum Gasteiger partial charge on any atom is 0.339 e. The second kappa shape index (κ2) is 11.1. The molecule has 4 rings (SSSR count). The third-order valence-corrected chi connectivity index (χ3v) is 6.67. The van der Waals surface area contributed by atoms with E-state index in [1.807, 2.05) is 19.9 Å². The molecule has 2 aliphatic rings. The lowest BCUT2D eigenvalue weighted by Crippen LogP contribution is -2.26. The Bertz CT molecular complexity index is 1410. The molecule has 0 aliphatic heterocycles. The molecule has 5 nitrogen and oxygen atoms in total. The van der Waals surface area contributed by atoms with Gasteiger partial charge in [0.15, 0.2) is 0 Å². The number of benzene rings is 2. The number of anilines is 1. The van der Waals surface area contributed by atoms with Gasteiger partial charge in [-0.1, -0.05) is 61.8 Å². The first-order valence-corrected chi connectivity index (χ1v) is 12.5. The Hall–Kier alpha value is -3.83. The maximum absolute atomic E-state index is 13.7. The van der Waals surface area contributed by atoms with Crippen LogP contribution in [0.4, 0.5) is 5.69 Å². The molecule has 0 radical (unpaired) electrons. The molecule has 0 saturated heterocycles. The summed E-state index contributed by atoms with van der Waals surface area (Å²) in [7, 11) is 1.52. The molecular weight excluding hydrogens is 486 g/mol. The monoisotopic (exact) mass is 515 g/mol. The molecule has 37 heavy (non-hydrogen) atoms. The number of halogens is 1. The molecule has 1 atom stereocenters. The van der Waals surface area contributed by atoms with Crippen molar-refractivity contribution in [2.45, 2.75) is 39.7 Å². The highest BCUT2D eigenvalue weighted by Gasteiger charge is 2.28. The number of rotatable bonds is 7. The van der Waals surface area contributed by atoms with Gasteiger partial charge in [-0.15, -0.1) is 0 Å². The van der Waals surface area contributed by atoms with E-state index in [0.29, 0.717) is 27.9 Å². The van der Waals surface area contributed by atoms with Crippen LogP contribution in [0.2, 0.25) is 5.02 Å². The van der Waals surface area contributed by atoms with Crippen LogP contribution in [-0.4, -0.2) is 19.0 Å². The van der Waals surface area contributed by atoms with Crippen molar-refractivity contribution in [3.8, 4) is 16.9 Å². The number of esters is 1. The first-order chi connectivity index (χ1) is 17.7. The zero-order chi connectivity index (χ0) is 26.7. The predicted molar refractivity (Wildman–Crippen MR) is 148 cm³/mol. The van der Waals surface area contributed by atoms with Crippen LogP contribution in [0.5, 0.6) is 5.75 Å². The van der Waals surface area contributed by atoms with Gasteiger partial charge in [-0.25, -0.2) is 4.79 Å². The quantitative estimate of drug-likeness (QED) is 0.256. The Kier molecular flexibility index (Phi) is 7.84. The number of nitrogens with one attached hydrogen (secondary N) is 1. The molecule has 0 spiro atoms. The van der Waals surface area contributed by atoms with Gasteiger partial charge in [-0.2, -0.15) is 0 Å². The van der Waals surface area contributed by atoms with Gasteiger partial charge in [0.2, 0.25) is 6.10 Å². The number of carbonyl (C=O) groups is 2. The van der Waals surface area contributed by atoms with Crippen molar-refractivity contribution in [3.05, 3.63) is 106 Å². The zero-order valence-corrected chi connectivity index (χ0v) is 22.3. The lowest BCUT2D eigenvalue weighted by atomic mass is 10.0. The van der Waals surface area contributed by atoms with Gasteiger partial charge in [-0.05, 0) is 78.4 Å². The maximum atomic E-state index is 13.7. The second-order valence-corrected chi connectivity index (χ2v) is 9.84. The van der Waals surface area contributed by atoms with E-state index in [0.717, 1.165) is 22.3 Å². The smallest absolute Gasteiger partial charge is 0.339 e. The highest BCUT2D eigenvalue weighted by atomic mass is 35.5. The van der Waals surface area contributed by atoms with E-state index in [1.165, 1.54) is 12.7 Å². The molecule has 0 fully saturated rings. The minimum atomic E-state index is -1.19. The molecule has 2 aliphatic carbocycles. The van der Waals surface area contributed by atoms with Crippen LogP contribution in [0.1, 0.15) is 58.5 Å². The molecule has 0 saturated carbocycles. The van der Waals surface area contributed by atoms with Crippen molar-refractivity contribution in [1.82, 2.24) is 0 Å². The number of hydrogen-bond acceptors (Lipinski definition) is 4. The van der Waals surface area contributed by atoms with E-state index in [9.17, 15) is 9.59 Å². The van der Waals surface area contributed by atoms with Gasteiger partial charge < -0.3 is 14.8 Å². The van der Waals surface area contributed by atoms with Crippen molar-refractivity contribution < 1.29 is 19.1 Å². The molecule has 2 aromatic rings. The summed E-state index contributed by atoms with van der Waals surface area (Å²) in [6.45, 7) is 8.37. The van der Waals surface area contributed by atoms with E-state index in [1.54, 1.807) is 48.5 Å². The summed E-state index contributed by atoms with van der Waals surface area (Å²) in [4.78, 5) is 26.7. The minimum absolute atomic E-state index is 0.282. The highest BCUT2D eigenvalue weighted by molar-refractivity contribution is 6.30. The zero-order valence-electron chi connectivity index (χ0n) is 21.6. The van der Waals surface area contributed by atoms with Crippen molar-refractivity contribution in [3.63, 3.8) is 0 Å². The second-order valence-electron chi connectivity index (χ2n) is 9.40. The summed E-state index contributed by atoms with van der Waals surface area (Å²) in [5.74, 6) is -0.209. The number of amides is 1. The minimum Gasteiger partial charge on any atom is -0.497 e. The van der Waals surface area contributed by atoms with Gasteiger partial charge in [0, 0.05) is 21.8 Å². The Morgan fingerprint density at radius 1 is 0.865 bits per heavy atom. The molecular formula is C31H30ClNO4. The van der Waals surface area contributed by atoms with Crippen LogP contribution in [0.15, 0.2) is 72.8 Å². The van der Waals surface area contributed by atoms with Crippen LogP contribution in [0.3, 0.4) is 0 Å². The fraction of sp³-hybridized carbons (Fsp3) is 0.226. The Morgan fingerprint density at radius 3 is 2.24 bits per heavy atom. The molecule has 1 N–H and O–H groups in total. The number of hydrogen-bond donors (Lipinski definition) is 1. The van der Waals surface area contributed by atoms with Gasteiger partial charge in [-0.3, -0.25) is 4.79 Å². The molecule has 6 heteroatoms. The van der Waals surface area contributed by atoms with Crippen LogP contribution < -0.4 is 10.1 Å². The standard InChI is InChI=1S/C31H30ClNO4/c1-18(2)22-10-9-19(3)28-26(17-22)20(4)15-27(28)33-30(34)29(21-11-13-24(32)14-12-21)37-31(35)23-7-6-8-25(16-23)36-5/h6-18,29H,1-5H3,(H,33,34). The number of ether oxygens (including phenoxy) is 2. The van der Waals surface area contributed by atoms with Crippen LogP contribution in [0.25, 0.3) is 11.1 Å². The first-order valence-electron chi connectivity index (χ1n) is 12.1. The van der Waals surface area contributed by atoms with Gasteiger partial charge in [0.25, 0.3) is 5.91 Å². The Balaban J connectivity index is 1.69. The van der Waals surface area contributed by atoms with Crippen LogP contribution in [0, 0.1) is 13.8 Å². The van der Waals surface area contributed by atoms with Crippen molar-refractivity contribution in [2.75, 3.05) is 12.4 Å². The third kappa shape index (κ3) is 5.78. The number of aryl methyl sites for hydroxylation is 2. The molecule has 190 valence electrons. The molecule has 0 bridgehead atoms. The largest absolute Gasteiger partial charge is 0.497 e. The first kappa shape index (κ1) is 26.2. The van der Waals surface area contributed by atoms with Crippen LogP contribution >= 0.6 is 11.6 Å². The summed E-state index contributed by atoms with van der Waals surface area (Å²) >= 11 is 6.07. The number of fused-ring (bicyclic) bond motifs is 1. The van der Waals surface area contributed by atoms with E-state index in [4.69, 9.17) is 21.1 Å². The predicted octanol–water partition coefficient (Wildman–Crippen LogP) is 7.73. The average molecular weight is 516 g/mol. The van der Waals surface area contributed by atoms with E-state index in [2.05, 4.69) is 37.4 Å². The fourth-order valence-corrected chi connectivity index (χ4v) is 4.46. The van der Waals surface area contributed by atoms with E-state index < -0.39 is 18.0 Å². The van der Waals surface area contributed by atoms with E-state index >= 15 is 0 Å². The fourth-order valence-electron chi connectivity index (χ4n) is 4.33. The normalized spacial score (nSPS) is 11.9. The molecule has 2 aromatic carbocycles. The van der Waals surface area contributed by atoms with E-state index in [-0.39, 0.29) is 5.56 Å².